The van der Waals surface area contributed by atoms with Crippen molar-refractivity contribution in [1.82, 2.24) is 4.57 Å². The minimum Gasteiger partial charge on any atom is -0.351 e. The molecule has 2 rings (SSSR count). The molecule has 0 radical (unpaired) electrons. The molecule has 2 aromatic rings. The average molecular weight is 259 g/mol. The highest BCUT2D eigenvalue weighted by molar-refractivity contribution is 5.39. The van der Waals surface area contributed by atoms with Gasteiger partial charge in [0, 0.05) is 30.1 Å². The number of hydrogen-bond donors (Lipinski definition) is 1. The smallest absolute Gasteiger partial charge is 0.272 e. The second-order valence-corrected chi connectivity index (χ2v) is 4.37. The lowest BCUT2D eigenvalue weighted by atomic mass is 10.1. The number of aromatic nitrogens is 1. The Labute approximate surface area is 111 Å². The van der Waals surface area contributed by atoms with Gasteiger partial charge in [-0.25, -0.2) is 0 Å². The standard InChI is InChI=1S/C14H17N3O2/c15-9-7-13-5-3-10-16(13)11-8-12-4-1-2-6-14(12)17(18)19/h1-6,10H,7-9,11,15H2. The lowest BCUT2D eigenvalue weighted by molar-refractivity contribution is -0.385. The molecule has 0 aliphatic rings. The first kappa shape index (κ1) is 13.3. The van der Waals surface area contributed by atoms with Crippen molar-refractivity contribution in [2.24, 2.45) is 5.73 Å². The van der Waals surface area contributed by atoms with E-state index in [2.05, 4.69) is 4.57 Å². The zero-order valence-corrected chi connectivity index (χ0v) is 10.7. The molecule has 5 heteroatoms. The monoisotopic (exact) mass is 259 g/mol. The van der Waals surface area contributed by atoms with E-state index >= 15 is 0 Å². The molecule has 0 atom stereocenters. The summed E-state index contributed by atoms with van der Waals surface area (Å²) in [5.41, 5.74) is 7.68. The lowest BCUT2D eigenvalue weighted by Crippen LogP contribution is -2.10. The topological polar surface area (TPSA) is 74.1 Å². The maximum absolute atomic E-state index is 10.9. The van der Waals surface area contributed by atoms with Crippen LogP contribution in [-0.4, -0.2) is 16.0 Å². The van der Waals surface area contributed by atoms with Gasteiger partial charge in [0.05, 0.1) is 4.92 Å². The van der Waals surface area contributed by atoms with Gasteiger partial charge in [0.2, 0.25) is 0 Å². The van der Waals surface area contributed by atoms with E-state index in [9.17, 15) is 10.1 Å². The highest BCUT2D eigenvalue weighted by Gasteiger charge is 2.12. The Kier molecular flexibility index (Phi) is 4.30. The predicted octanol–water partition coefficient (Wildman–Crippen LogP) is 2.14. The zero-order valence-electron chi connectivity index (χ0n) is 10.7. The quantitative estimate of drug-likeness (QED) is 0.638. The van der Waals surface area contributed by atoms with E-state index in [1.54, 1.807) is 12.1 Å². The number of hydrogen-bond acceptors (Lipinski definition) is 3. The molecule has 2 N–H and O–H groups in total. The van der Waals surface area contributed by atoms with Crippen LogP contribution in [0.25, 0.3) is 0 Å². The number of benzene rings is 1. The van der Waals surface area contributed by atoms with Crippen LogP contribution in [0.1, 0.15) is 11.3 Å². The first-order valence-corrected chi connectivity index (χ1v) is 6.28. The number of para-hydroxylation sites is 1. The van der Waals surface area contributed by atoms with Crippen molar-refractivity contribution >= 4 is 5.69 Å². The minimum atomic E-state index is -0.328. The first-order chi connectivity index (χ1) is 9.22. The maximum atomic E-state index is 10.9. The number of nitro groups is 1. The molecule has 0 bridgehead atoms. The predicted molar refractivity (Wildman–Crippen MR) is 74.0 cm³/mol. The molecular weight excluding hydrogens is 242 g/mol. The fraction of sp³-hybridized carbons (Fsp3) is 0.286. The van der Waals surface area contributed by atoms with Crippen molar-refractivity contribution < 1.29 is 4.92 Å². The van der Waals surface area contributed by atoms with E-state index in [0.29, 0.717) is 13.0 Å². The molecule has 0 aliphatic heterocycles. The summed E-state index contributed by atoms with van der Waals surface area (Å²) in [6.45, 7) is 1.34. The molecule has 0 amide bonds. The average Bonchev–Trinajstić information content (AvgIpc) is 2.84. The summed E-state index contributed by atoms with van der Waals surface area (Å²) in [6.07, 6.45) is 3.45. The second-order valence-electron chi connectivity index (χ2n) is 4.37. The number of rotatable bonds is 6. The largest absolute Gasteiger partial charge is 0.351 e. The van der Waals surface area contributed by atoms with Gasteiger partial charge < -0.3 is 10.3 Å². The van der Waals surface area contributed by atoms with Crippen molar-refractivity contribution in [2.45, 2.75) is 19.4 Å². The Hall–Kier alpha value is -2.14. The van der Waals surface area contributed by atoms with Gasteiger partial charge in [0.1, 0.15) is 0 Å². The Morgan fingerprint density at radius 2 is 1.95 bits per heavy atom. The van der Waals surface area contributed by atoms with Crippen molar-refractivity contribution in [3.8, 4) is 0 Å². The highest BCUT2D eigenvalue weighted by Crippen LogP contribution is 2.19. The van der Waals surface area contributed by atoms with Crippen molar-refractivity contribution in [3.05, 3.63) is 64.0 Å². The number of aryl methyl sites for hydroxylation is 2. The Bertz CT molecular complexity index is 563. The summed E-state index contributed by atoms with van der Waals surface area (Å²) in [7, 11) is 0. The SMILES string of the molecule is NCCc1cccn1CCc1ccccc1[N+](=O)[O-]. The third kappa shape index (κ3) is 3.20. The van der Waals surface area contributed by atoms with Crippen LogP contribution >= 0.6 is 0 Å². The zero-order chi connectivity index (χ0) is 13.7. The van der Waals surface area contributed by atoms with E-state index in [-0.39, 0.29) is 10.6 Å². The van der Waals surface area contributed by atoms with Gasteiger partial charge in [-0.3, -0.25) is 10.1 Å². The molecule has 0 saturated carbocycles. The Balaban J connectivity index is 2.10. The molecule has 5 nitrogen and oxygen atoms in total. The molecule has 0 spiro atoms. The molecule has 0 unspecified atom stereocenters. The van der Waals surface area contributed by atoms with Gasteiger partial charge >= 0.3 is 0 Å². The fourth-order valence-electron chi connectivity index (χ4n) is 2.18. The van der Waals surface area contributed by atoms with Crippen LogP contribution in [0.15, 0.2) is 42.6 Å². The molecule has 1 aromatic heterocycles. The fourth-order valence-corrected chi connectivity index (χ4v) is 2.18. The molecule has 19 heavy (non-hydrogen) atoms. The summed E-state index contributed by atoms with van der Waals surface area (Å²) in [4.78, 5) is 10.6. The van der Waals surface area contributed by atoms with Gasteiger partial charge in [-0.15, -0.1) is 0 Å². The second kappa shape index (κ2) is 6.15. The van der Waals surface area contributed by atoms with Gasteiger partial charge in [-0.1, -0.05) is 18.2 Å². The summed E-state index contributed by atoms with van der Waals surface area (Å²) < 4.78 is 2.10. The minimum absolute atomic E-state index is 0.190. The van der Waals surface area contributed by atoms with E-state index in [0.717, 1.165) is 18.5 Å². The Morgan fingerprint density at radius 1 is 1.16 bits per heavy atom. The van der Waals surface area contributed by atoms with Crippen molar-refractivity contribution in [1.29, 1.82) is 0 Å². The summed E-state index contributed by atoms with van der Waals surface area (Å²) in [5.74, 6) is 0. The summed E-state index contributed by atoms with van der Waals surface area (Å²) in [5, 5.41) is 10.9. The van der Waals surface area contributed by atoms with Crippen LogP contribution in [0, 0.1) is 10.1 Å². The Morgan fingerprint density at radius 3 is 2.68 bits per heavy atom. The van der Waals surface area contributed by atoms with Crippen LogP contribution in [0.2, 0.25) is 0 Å². The molecule has 1 aromatic carbocycles. The van der Waals surface area contributed by atoms with Crippen LogP contribution in [0.4, 0.5) is 5.69 Å². The number of nitrogens with zero attached hydrogens (tertiary/aromatic N) is 2. The first-order valence-electron chi connectivity index (χ1n) is 6.28. The molecular formula is C14H17N3O2. The summed E-state index contributed by atoms with van der Waals surface area (Å²) in [6, 6.07) is 10.9. The van der Waals surface area contributed by atoms with E-state index < -0.39 is 0 Å². The van der Waals surface area contributed by atoms with Gasteiger partial charge in [0.25, 0.3) is 5.69 Å². The normalized spacial score (nSPS) is 10.6. The number of nitrogens with two attached hydrogens (primary N) is 1. The third-order valence-corrected chi connectivity index (χ3v) is 3.13. The maximum Gasteiger partial charge on any atom is 0.272 e. The van der Waals surface area contributed by atoms with Crippen LogP contribution in [0.5, 0.6) is 0 Å². The lowest BCUT2D eigenvalue weighted by Gasteiger charge is -2.08. The van der Waals surface area contributed by atoms with E-state index in [4.69, 9.17) is 5.73 Å². The summed E-state index contributed by atoms with van der Waals surface area (Å²) >= 11 is 0. The molecule has 100 valence electrons. The molecule has 0 fully saturated rings. The van der Waals surface area contributed by atoms with Gasteiger partial charge in [0.15, 0.2) is 0 Å². The third-order valence-electron chi connectivity index (χ3n) is 3.13. The van der Waals surface area contributed by atoms with Crippen molar-refractivity contribution in [2.75, 3.05) is 6.54 Å². The van der Waals surface area contributed by atoms with Crippen LogP contribution in [0.3, 0.4) is 0 Å². The molecule has 0 aliphatic carbocycles. The number of nitro benzene ring substituents is 1. The van der Waals surface area contributed by atoms with E-state index in [1.165, 1.54) is 5.69 Å². The van der Waals surface area contributed by atoms with E-state index in [1.807, 2.05) is 30.5 Å². The van der Waals surface area contributed by atoms with Crippen LogP contribution in [-0.2, 0) is 19.4 Å². The highest BCUT2D eigenvalue weighted by atomic mass is 16.6. The van der Waals surface area contributed by atoms with Gasteiger partial charge in [-0.2, -0.15) is 0 Å². The van der Waals surface area contributed by atoms with Crippen LogP contribution < -0.4 is 5.73 Å². The van der Waals surface area contributed by atoms with Crippen molar-refractivity contribution in [3.63, 3.8) is 0 Å². The molecule has 0 saturated heterocycles. The van der Waals surface area contributed by atoms with Gasteiger partial charge in [-0.05, 0) is 31.5 Å². The molecule has 1 heterocycles.